The Balaban J connectivity index is 2.84. The van der Waals surface area contributed by atoms with Crippen molar-refractivity contribution in [3.8, 4) is 0 Å². The third-order valence-corrected chi connectivity index (χ3v) is 2.73. The normalized spacial score (nSPS) is 11.9. The maximum Gasteiger partial charge on any atom is 0.326 e. The summed E-state index contributed by atoms with van der Waals surface area (Å²) in [4.78, 5) is 32.9. The van der Waals surface area contributed by atoms with Crippen LogP contribution in [0.25, 0.3) is 0 Å². The van der Waals surface area contributed by atoms with Crippen LogP contribution in [-0.4, -0.2) is 46.2 Å². The van der Waals surface area contributed by atoms with Gasteiger partial charge in [-0.2, -0.15) is 0 Å². The lowest BCUT2D eigenvalue weighted by Crippen LogP contribution is -2.42. The fourth-order valence-corrected chi connectivity index (χ4v) is 1.64. The highest BCUT2D eigenvalue weighted by molar-refractivity contribution is 5.95. The van der Waals surface area contributed by atoms with E-state index < -0.39 is 22.8 Å². The van der Waals surface area contributed by atoms with Crippen LogP contribution < -0.4 is 5.32 Å². The summed E-state index contributed by atoms with van der Waals surface area (Å²) >= 11 is 0. The van der Waals surface area contributed by atoms with Crippen LogP contribution in [0, 0.1) is 10.1 Å². The van der Waals surface area contributed by atoms with Gasteiger partial charge in [0.1, 0.15) is 6.04 Å². The molecule has 0 saturated carbocycles. The third-order valence-electron chi connectivity index (χ3n) is 2.73. The number of carboxylic acid groups (broad SMARTS) is 1. The fourth-order valence-electron chi connectivity index (χ4n) is 1.64. The lowest BCUT2D eigenvalue weighted by Gasteiger charge is -2.13. The molecule has 1 aromatic heterocycles. The third kappa shape index (κ3) is 3.54. The number of rotatable bonds is 7. The predicted molar refractivity (Wildman–Crippen MR) is 67.5 cm³/mol. The highest BCUT2D eigenvalue weighted by Crippen LogP contribution is 2.15. The number of amides is 1. The lowest BCUT2D eigenvalue weighted by atomic mass is 10.2. The Kier molecular flexibility index (Phi) is 5.21. The zero-order valence-corrected chi connectivity index (χ0v) is 11.0. The molecule has 1 heterocycles. The van der Waals surface area contributed by atoms with E-state index in [0.29, 0.717) is 0 Å². The Bertz CT molecular complexity index is 524. The van der Waals surface area contributed by atoms with Crippen molar-refractivity contribution in [1.82, 2.24) is 9.88 Å². The molecule has 110 valence electrons. The van der Waals surface area contributed by atoms with Crippen molar-refractivity contribution < 1.29 is 24.4 Å². The van der Waals surface area contributed by atoms with Crippen molar-refractivity contribution in [2.45, 2.75) is 12.5 Å². The van der Waals surface area contributed by atoms with E-state index >= 15 is 0 Å². The van der Waals surface area contributed by atoms with E-state index in [4.69, 9.17) is 9.84 Å². The van der Waals surface area contributed by atoms with Gasteiger partial charge in [0.25, 0.3) is 5.91 Å². The van der Waals surface area contributed by atoms with Crippen LogP contribution in [0.1, 0.15) is 16.9 Å². The van der Waals surface area contributed by atoms with Crippen molar-refractivity contribution in [2.75, 3.05) is 13.7 Å². The monoisotopic (exact) mass is 285 g/mol. The molecule has 0 aliphatic carbocycles. The average molecular weight is 285 g/mol. The first-order valence-corrected chi connectivity index (χ1v) is 5.71. The molecule has 0 aromatic carbocycles. The molecule has 0 spiro atoms. The Morgan fingerprint density at radius 3 is 2.65 bits per heavy atom. The summed E-state index contributed by atoms with van der Waals surface area (Å²) in [5.74, 6) is -2.14. The van der Waals surface area contributed by atoms with E-state index in [1.165, 1.54) is 26.3 Å². The van der Waals surface area contributed by atoms with Crippen LogP contribution in [0.5, 0.6) is 0 Å². The molecule has 0 fully saturated rings. The maximum atomic E-state index is 11.9. The number of hydrogen-bond acceptors (Lipinski definition) is 5. The maximum absolute atomic E-state index is 11.9. The number of aromatic nitrogens is 1. The van der Waals surface area contributed by atoms with Crippen molar-refractivity contribution in [3.05, 3.63) is 27.9 Å². The van der Waals surface area contributed by atoms with Gasteiger partial charge in [0, 0.05) is 26.2 Å². The van der Waals surface area contributed by atoms with Crippen LogP contribution in [0.4, 0.5) is 5.82 Å². The Hall–Kier alpha value is -2.42. The van der Waals surface area contributed by atoms with Gasteiger partial charge in [-0.25, -0.2) is 9.36 Å². The van der Waals surface area contributed by atoms with Crippen molar-refractivity contribution in [2.24, 2.45) is 7.05 Å². The van der Waals surface area contributed by atoms with Gasteiger partial charge in [-0.3, -0.25) is 4.79 Å². The van der Waals surface area contributed by atoms with Crippen LogP contribution in [0.3, 0.4) is 0 Å². The number of carbonyl (C=O) groups is 2. The van der Waals surface area contributed by atoms with E-state index in [-0.39, 0.29) is 24.5 Å². The molecular formula is C11H15N3O6. The van der Waals surface area contributed by atoms with E-state index in [0.717, 1.165) is 4.57 Å². The molecule has 0 aliphatic heterocycles. The molecule has 1 amide bonds. The van der Waals surface area contributed by atoms with Gasteiger partial charge in [-0.05, 0) is 11.0 Å². The highest BCUT2D eigenvalue weighted by atomic mass is 16.6. The molecule has 2 N–H and O–H groups in total. The second kappa shape index (κ2) is 6.66. The molecular weight excluding hydrogens is 270 g/mol. The quantitative estimate of drug-likeness (QED) is 0.543. The predicted octanol–water partition coefficient (Wildman–Crippen LogP) is 0.153. The molecule has 0 aliphatic rings. The van der Waals surface area contributed by atoms with Gasteiger partial charge in [0.2, 0.25) is 0 Å². The Morgan fingerprint density at radius 1 is 1.55 bits per heavy atom. The zero-order valence-electron chi connectivity index (χ0n) is 11.0. The van der Waals surface area contributed by atoms with Crippen LogP contribution >= 0.6 is 0 Å². The first-order chi connectivity index (χ1) is 9.38. The summed E-state index contributed by atoms with van der Waals surface area (Å²) in [6.45, 7) is 0.171. The number of ether oxygens (including phenoxy) is 1. The van der Waals surface area contributed by atoms with E-state index in [1.54, 1.807) is 0 Å². The van der Waals surface area contributed by atoms with Gasteiger partial charge in [0.05, 0.1) is 7.05 Å². The molecule has 9 nitrogen and oxygen atoms in total. The average Bonchev–Trinajstić information content (AvgIpc) is 2.75. The topological polar surface area (TPSA) is 124 Å². The van der Waals surface area contributed by atoms with Gasteiger partial charge in [0.15, 0.2) is 5.69 Å². The van der Waals surface area contributed by atoms with Gasteiger partial charge < -0.3 is 25.3 Å². The molecule has 0 saturated heterocycles. The highest BCUT2D eigenvalue weighted by Gasteiger charge is 2.25. The Morgan fingerprint density at radius 2 is 2.20 bits per heavy atom. The van der Waals surface area contributed by atoms with Gasteiger partial charge >= 0.3 is 11.8 Å². The van der Waals surface area contributed by atoms with E-state index in [1.807, 2.05) is 0 Å². The summed E-state index contributed by atoms with van der Waals surface area (Å²) in [5, 5.41) is 21.9. The minimum Gasteiger partial charge on any atom is -0.480 e. The molecule has 0 bridgehead atoms. The van der Waals surface area contributed by atoms with E-state index in [2.05, 4.69) is 5.32 Å². The summed E-state index contributed by atoms with van der Waals surface area (Å²) in [6.07, 6.45) is 0.101. The van der Waals surface area contributed by atoms with Crippen molar-refractivity contribution in [3.63, 3.8) is 0 Å². The number of hydrogen-bond donors (Lipinski definition) is 2. The number of methoxy groups -OCH3 is 1. The standard InChI is InChI=1S/C11H15N3O6/c1-13-8(3-4-9(13)14(18)19)10(15)12-7(11(16)17)5-6-20-2/h3-4,7H,5-6H2,1-2H3,(H,12,15)(H,16,17). The number of carbonyl (C=O) groups excluding carboxylic acids is 1. The number of nitrogens with one attached hydrogen (secondary N) is 1. The largest absolute Gasteiger partial charge is 0.480 e. The van der Waals surface area contributed by atoms with Crippen molar-refractivity contribution in [1.29, 1.82) is 0 Å². The number of carboxylic acids is 1. The SMILES string of the molecule is COCCC(NC(=O)c1ccc([N+](=O)[O-])n1C)C(=O)O. The zero-order chi connectivity index (χ0) is 15.3. The van der Waals surface area contributed by atoms with Gasteiger partial charge in [-0.1, -0.05) is 0 Å². The minimum atomic E-state index is -1.20. The second-order valence-electron chi connectivity index (χ2n) is 4.04. The molecule has 1 unspecified atom stereocenters. The van der Waals surface area contributed by atoms with Crippen LogP contribution in [-0.2, 0) is 16.6 Å². The summed E-state index contributed by atoms with van der Waals surface area (Å²) in [5.41, 5.74) is 0.0142. The lowest BCUT2D eigenvalue weighted by molar-refractivity contribution is -0.391. The fraction of sp³-hybridized carbons (Fsp3) is 0.455. The number of aliphatic carboxylic acids is 1. The smallest absolute Gasteiger partial charge is 0.326 e. The summed E-state index contributed by atoms with van der Waals surface area (Å²) < 4.78 is 5.85. The van der Waals surface area contributed by atoms with Gasteiger partial charge in [-0.15, -0.1) is 0 Å². The number of nitro groups is 1. The summed E-state index contributed by atoms with van der Waals surface area (Å²) in [7, 11) is 2.78. The van der Waals surface area contributed by atoms with E-state index in [9.17, 15) is 19.7 Å². The van der Waals surface area contributed by atoms with Crippen LogP contribution in [0.15, 0.2) is 12.1 Å². The second-order valence-corrected chi connectivity index (χ2v) is 4.04. The summed E-state index contributed by atoms with van der Waals surface area (Å²) in [6, 6.07) is 1.33. The first-order valence-electron chi connectivity index (χ1n) is 5.71. The minimum absolute atomic E-state index is 0.0142. The van der Waals surface area contributed by atoms with Crippen molar-refractivity contribution >= 4 is 17.7 Å². The molecule has 1 aromatic rings. The van der Waals surface area contributed by atoms with Crippen LogP contribution in [0.2, 0.25) is 0 Å². The molecule has 1 atom stereocenters. The molecule has 9 heteroatoms. The first kappa shape index (κ1) is 15.6. The molecule has 20 heavy (non-hydrogen) atoms. The number of nitrogens with zero attached hydrogens (tertiary/aromatic N) is 2. The Labute approximate surface area is 114 Å². The molecule has 1 rings (SSSR count). The molecule has 0 radical (unpaired) electrons.